The SMILES string of the molecule is CCCC(=O)OC(CCC)OC(=O)NCC1CCCCC1.O=C(O)O. The maximum absolute atomic E-state index is 11.8. The predicted molar refractivity (Wildman–Crippen MR) is 91.4 cm³/mol. The first-order chi connectivity index (χ1) is 11.9. The summed E-state index contributed by atoms with van der Waals surface area (Å²) in [5.74, 6) is 0.245. The highest BCUT2D eigenvalue weighted by Gasteiger charge is 2.19. The van der Waals surface area contributed by atoms with Crippen molar-refractivity contribution in [3.63, 3.8) is 0 Å². The lowest BCUT2D eigenvalue weighted by atomic mass is 9.89. The van der Waals surface area contributed by atoms with E-state index in [4.69, 9.17) is 24.5 Å². The molecule has 0 spiro atoms. The van der Waals surface area contributed by atoms with Crippen LogP contribution >= 0.6 is 0 Å². The van der Waals surface area contributed by atoms with Crippen LogP contribution in [0.3, 0.4) is 0 Å². The molecule has 1 amide bonds. The second-order valence-electron chi connectivity index (χ2n) is 6.03. The van der Waals surface area contributed by atoms with Crippen LogP contribution in [0.5, 0.6) is 0 Å². The molecule has 1 fully saturated rings. The Morgan fingerprint density at radius 2 is 1.64 bits per heavy atom. The molecule has 1 aliphatic rings. The van der Waals surface area contributed by atoms with Crippen molar-refractivity contribution in [3.8, 4) is 0 Å². The van der Waals surface area contributed by atoms with E-state index in [0.717, 1.165) is 12.8 Å². The second-order valence-corrected chi connectivity index (χ2v) is 6.03. The third-order valence-corrected chi connectivity index (χ3v) is 3.74. The fraction of sp³-hybridized carbons (Fsp3) is 0.824. The third-order valence-electron chi connectivity index (χ3n) is 3.74. The molecule has 25 heavy (non-hydrogen) atoms. The van der Waals surface area contributed by atoms with Crippen molar-refractivity contribution >= 4 is 18.2 Å². The fourth-order valence-corrected chi connectivity index (χ4v) is 2.57. The van der Waals surface area contributed by atoms with E-state index in [1.165, 1.54) is 32.1 Å². The number of carboxylic acid groups (broad SMARTS) is 2. The van der Waals surface area contributed by atoms with Crippen molar-refractivity contribution in [2.24, 2.45) is 5.92 Å². The number of amides is 1. The number of carbonyl (C=O) groups excluding carboxylic acids is 2. The van der Waals surface area contributed by atoms with Gasteiger partial charge in [0.15, 0.2) is 0 Å². The molecule has 0 aromatic rings. The average molecular weight is 361 g/mol. The predicted octanol–water partition coefficient (Wildman–Crippen LogP) is 3.98. The Bertz CT molecular complexity index is 390. The summed E-state index contributed by atoms with van der Waals surface area (Å²) in [7, 11) is 0. The van der Waals surface area contributed by atoms with Gasteiger partial charge in [-0.25, -0.2) is 9.59 Å². The number of esters is 1. The van der Waals surface area contributed by atoms with E-state index in [0.29, 0.717) is 25.3 Å². The van der Waals surface area contributed by atoms with Crippen LogP contribution in [-0.4, -0.2) is 41.3 Å². The highest BCUT2D eigenvalue weighted by Crippen LogP contribution is 2.22. The van der Waals surface area contributed by atoms with Crippen LogP contribution in [0.1, 0.15) is 71.6 Å². The summed E-state index contributed by atoms with van der Waals surface area (Å²) in [6, 6.07) is 0. The van der Waals surface area contributed by atoms with Crippen molar-refractivity contribution in [1.82, 2.24) is 5.32 Å². The average Bonchev–Trinajstić information content (AvgIpc) is 2.54. The van der Waals surface area contributed by atoms with Gasteiger partial charge in [-0.05, 0) is 31.6 Å². The van der Waals surface area contributed by atoms with Gasteiger partial charge in [0.05, 0.1) is 0 Å². The lowest BCUT2D eigenvalue weighted by molar-refractivity contribution is -0.168. The Morgan fingerprint density at radius 1 is 1.04 bits per heavy atom. The molecule has 146 valence electrons. The van der Waals surface area contributed by atoms with Crippen LogP contribution < -0.4 is 5.32 Å². The van der Waals surface area contributed by atoms with Gasteiger partial charge in [0, 0.05) is 19.4 Å². The molecule has 0 aromatic carbocycles. The summed E-state index contributed by atoms with van der Waals surface area (Å²) < 4.78 is 10.4. The minimum Gasteiger partial charge on any atom is -0.450 e. The molecule has 8 heteroatoms. The fourth-order valence-electron chi connectivity index (χ4n) is 2.57. The second kappa shape index (κ2) is 14.4. The van der Waals surface area contributed by atoms with E-state index >= 15 is 0 Å². The largest absolute Gasteiger partial charge is 0.503 e. The molecule has 0 aliphatic heterocycles. The zero-order valence-electron chi connectivity index (χ0n) is 15.2. The molecule has 0 heterocycles. The summed E-state index contributed by atoms with van der Waals surface area (Å²) >= 11 is 0. The van der Waals surface area contributed by atoms with Gasteiger partial charge in [-0.1, -0.05) is 33.1 Å². The molecule has 1 saturated carbocycles. The van der Waals surface area contributed by atoms with E-state index < -0.39 is 18.5 Å². The van der Waals surface area contributed by atoms with Crippen LogP contribution in [-0.2, 0) is 14.3 Å². The quantitative estimate of drug-likeness (QED) is 0.441. The smallest absolute Gasteiger partial charge is 0.450 e. The summed E-state index contributed by atoms with van der Waals surface area (Å²) in [6.45, 7) is 4.53. The highest BCUT2D eigenvalue weighted by molar-refractivity contribution is 5.70. The molecule has 1 atom stereocenters. The first-order valence-corrected chi connectivity index (χ1v) is 8.94. The maximum Gasteiger partial charge on any atom is 0.503 e. The lowest BCUT2D eigenvalue weighted by Crippen LogP contribution is -2.35. The van der Waals surface area contributed by atoms with Crippen LogP contribution in [0.2, 0.25) is 0 Å². The number of carbonyl (C=O) groups is 3. The molecule has 1 aliphatic carbocycles. The van der Waals surface area contributed by atoms with Crippen molar-refractivity contribution in [3.05, 3.63) is 0 Å². The van der Waals surface area contributed by atoms with Gasteiger partial charge >= 0.3 is 18.2 Å². The van der Waals surface area contributed by atoms with E-state index in [1.807, 2.05) is 13.8 Å². The maximum atomic E-state index is 11.8. The van der Waals surface area contributed by atoms with E-state index in [-0.39, 0.29) is 5.97 Å². The minimum absolute atomic E-state index is 0.309. The standard InChI is InChI=1S/C16H29NO4.CH2O3/c1-3-8-14(18)20-15(9-4-2)21-16(19)17-12-13-10-6-5-7-11-13;2-1(3)4/h13,15H,3-12H2,1-2H3,(H,17,19);(H2,2,3,4). The highest BCUT2D eigenvalue weighted by atomic mass is 16.7. The number of alkyl carbamates (subject to hydrolysis) is 1. The van der Waals surface area contributed by atoms with Crippen molar-refractivity contribution in [2.75, 3.05) is 6.54 Å². The number of hydrogen-bond donors (Lipinski definition) is 3. The molecule has 0 radical (unpaired) electrons. The minimum atomic E-state index is -1.83. The first kappa shape index (κ1) is 23.0. The summed E-state index contributed by atoms with van der Waals surface area (Å²) in [4.78, 5) is 31.8. The Balaban J connectivity index is 0.00000129. The number of rotatable bonds is 8. The molecule has 3 N–H and O–H groups in total. The zero-order valence-corrected chi connectivity index (χ0v) is 15.2. The summed E-state index contributed by atoms with van der Waals surface area (Å²) in [5.41, 5.74) is 0. The summed E-state index contributed by atoms with van der Waals surface area (Å²) in [5, 5.41) is 16.7. The zero-order chi connectivity index (χ0) is 19.1. The molecular weight excluding hydrogens is 330 g/mol. The third kappa shape index (κ3) is 14.1. The topological polar surface area (TPSA) is 122 Å². The van der Waals surface area contributed by atoms with Crippen LogP contribution in [0.25, 0.3) is 0 Å². The summed E-state index contributed by atoms with van der Waals surface area (Å²) in [6.07, 6.45) is 5.46. The molecule has 1 rings (SSSR count). The first-order valence-electron chi connectivity index (χ1n) is 8.94. The van der Waals surface area contributed by atoms with Gasteiger partial charge in [0.1, 0.15) is 0 Å². The number of hydrogen-bond acceptors (Lipinski definition) is 5. The monoisotopic (exact) mass is 361 g/mol. The Kier molecular flexibility index (Phi) is 13.2. The van der Waals surface area contributed by atoms with E-state index in [2.05, 4.69) is 5.32 Å². The van der Waals surface area contributed by atoms with Crippen LogP contribution in [0.15, 0.2) is 0 Å². The van der Waals surface area contributed by atoms with Gasteiger partial charge in [-0.3, -0.25) is 4.79 Å². The molecule has 8 nitrogen and oxygen atoms in total. The van der Waals surface area contributed by atoms with E-state index in [9.17, 15) is 9.59 Å². The van der Waals surface area contributed by atoms with Gasteiger partial charge in [0.2, 0.25) is 6.29 Å². The van der Waals surface area contributed by atoms with Crippen LogP contribution in [0, 0.1) is 5.92 Å². The van der Waals surface area contributed by atoms with Gasteiger partial charge in [-0.2, -0.15) is 0 Å². The molecule has 1 unspecified atom stereocenters. The Hall–Kier alpha value is -1.99. The van der Waals surface area contributed by atoms with Crippen molar-refractivity contribution < 1.29 is 34.1 Å². The molecule has 0 bridgehead atoms. The van der Waals surface area contributed by atoms with E-state index in [1.54, 1.807) is 0 Å². The van der Waals surface area contributed by atoms with Gasteiger partial charge in [0.25, 0.3) is 0 Å². The molecule has 0 saturated heterocycles. The Labute approximate surface area is 148 Å². The normalized spacial score (nSPS) is 15.3. The lowest BCUT2D eigenvalue weighted by Gasteiger charge is -2.22. The molecule has 0 aromatic heterocycles. The van der Waals surface area contributed by atoms with Gasteiger partial charge in [-0.15, -0.1) is 0 Å². The molecular formula is C17H31NO7. The Morgan fingerprint density at radius 3 is 2.16 bits per heavy atom. The van der Waals surface area contributed by atoms with Gasteiger partial charge < -0.3 is 25.0 Å². The van der Waals surface area contributed by atoms with Crippen LogP contribution in [0.4, 0.5) is 9.59 Å². The van der Waals surface area contributed by atoms with Crippen molar-refractivity contribution in [1.29, 1.82) is 0 Å². The van der Waals surface area contributed by atoms with Crippen molar-refractivity contribution in [2.45, 2.75) is 77.9 Å². The number of ether oxygens (including phenoxy) is 2. The number of nitrogens with one attached hydrogen (secondary N) is 1.